The van der Waals surface area contributed by atoms with Crippen LogP contribution in [0.4, 0.5) is 5.69 Å². The summed E-state index contributed by atoms with van der Waals surface area (Å²) in [5.74, 6) is 0. The lowest BCUT2D eigenvalue weighted by Gasteiger charge is -2.17. The Labute approximate surface area is 126 Å². The second kappa shape index (κ2) is 5.53. The first-order valence-electron chi connectivity index (χ1n) is 6.42. The van der Waals surface area contributed by atoms with E-state index in [4.69, 9.17) is 11.6 Å². The molecular formula is C13H14ClN7. The molecule has 2 heterocycles. The number of rotatable bonds is 4. The summed E-state index contributed by atoms with van der Waals surface area (Å²) >= 11 is 6.26. The highest BCUT2D eigenvalue weighted by molar-refractivity contribution is 6.33. The molecule has 0 aliphatic heterocycles. The van der Waals surface area contributed by atoms with Gasteiger partial charge in [0.25, 0.3) is 0 Å². The van der Waals surface area contributed by atoms with E-state index in [0.717, 1.165) is 17.1 Å². The predicted molar refractivity (Wildman–Crippen MR) is 79.4 cm³/mol. The van der Waals surface area contributed by atoms with Gasteiger partial charge in [-0.3, -0.25) is 4.68 Å². The van der Waals surface area contributed by atoms with Crippen molar-refractivity contribution in [1.82, 2.24) is 30.0 Å². The highest BCUT2D eigenvalue weighted by Crippen LogP contribution is 2.28. The zero-order valence-electron chi connectivity index (χ0n) is 11.6. The van der Waals surface area contributed by atoms with Crippen molar-refractivity contribution in [2.45, 2.75) is 13.0 Å². The predicted octanol–water partition coefficient (Wildman–Crippen LogP) is 2.22. The van der Waals surface area contributed by atoms with Crippen LogP contribution in [0.3, 0.4) is 0 Å². The van der Waals surface area contributed by atoms with Crippen LogP contribution in [0.5, 0.6) is 0 Å². The van der Waals surface area contributed by atoms with Gasteiger partial charge < -0.3 is 5.32 Å². The van der Waals surface area contributed by atoms with Crippen molar-refractivity contribution in [3.05, 3.63) is 47.5 Å². The van der Waals surface area contributed by atoms with Gasteiger partial charge in [-0.05, 0) is 41.6 Å². The summed E-state index contributed by atoms with van der Waals surface area (Å²) in [6.07, 6.45) is 3.31. The Morgan fingerprint density at radius 1 is 1.29 bits per heavy atom. The molecular weight excluding hydrogens is 290 g/mol. The van der Waals surface area contributed by atoms with Crippen LogP contribution >= 0.6 is 11.6 Å². The summed E-state index contributed by atoms with van der Waals surface area (Å²) in [4.78, 5) is 0. The number of aryl methyl sites for hydroxylation is 1. The number of aromatic nitrogens is 6. The molecule has 3 aromatic rings. The first kappa shape index (κ1) is 13.6. The number of halogens is 1. The summed E-state index contributed by atoms with van der Waals surface area (Å²) in [5, 5.41) is 19.3. The maximum Gasteiger partial charge on any atom is 0.143 e. The summed E-state index contributed by atoms with van der Waals surface area (Å²) in [6.45, 7) is 2.05. The summed E-state index contributed by atoms with van der Waals surface area (Å²) < 4.78 is 3.41. The number of anilines is 1. The Hall–Kier alpha value is -2.41. The molecule has 2 aromatic heterocycles. The van der Waals surface area contributed by atoms with Gasteiger partial charge in [-0.2, -0.15) is 5.10 Å². The van der Waals surface area contributed by atoms with Crippen LogP contribution in [-0.4, -0.2) is 30.0 Å². The van der Waals surface area contributed by atoms with Crippen LogP contribution in [0.15, 0.2) is 36.8 Å². The Bertz CT molecular complexity index is 735. The van der Waals surface area contributed by atoms with Gasteiger partial charge in [0.1, 0.15) is 6.33 Å². The molecule has 3 rings (SSSR count). The van der Waals surface area contributed by atoms with E-state index in [2.05, 4.69) is 32.9 Å². The minimum absolute atomic E-state index is 0.0686. The van der Waals surface area contributed by atoms with Crippen molar-refractivity contribution in [3.63, 3.8) is 0 Å². The normalized spacial score (nSPS) is 12.3. The van der Waals surface area contributed by atoms with Gasteiger partial charge in [0.05, 0.1) is 28.1 Å². The second-order valence-electron chi connectivity index (χ2n) is 4.66. The van der Waals surface area contributed by atoms with E-state index in [1.807, 2.05) is 36.0 Å². The van der Waals surface area contributed by atoms with Crippen LogP contribution in [0.25, 0.3) is 5.69 Å². The molecule has 0 spiro atoms. The van der Waals surface area contributed by atoms with Crippen molar-refractivity contribution in [2.24, 2.45) is 7.05 Å². The van der Waals surface area contributed by atoms with E-state index < -0.39 is 0 Å². The van der Waals surface area contributed by atoms with Gasteiger partial charge in [-0.25, -0.2) is 4.68 Å². The molecule has 1 unspecified atom stereocenters. The van der Waals surface area contributed by atoms with Gasteiger partial charge in [0, 0.05) is 13.2 Å². The van der Waals surface area contributed by atoms with E-state index in [0.29, 0.717) is 5.02 Å². The zero-order chi connectivity index (χ0) is 14.8. The third kappa shape index (κ3) is 2.73. The van der Waals surface area contributed by atoms with E-state index >= 15 is 0 Å². The molecule has 1 atom stereocenters. The number of hydrogen-bond donors (Lipinski definition) is 1. The van der Waals surface area contributed by atoms with Crippen molar-refractivity contribution in [2.75, 3.05) is 5.32 Å². The zero-order valence-corrected chi connectivity index (χ0v) is 12.4. The first-order chi connectivity index (χ1) is 10.1. The first-order valence-corrected chi connectivity index (χ1v) is 6.80. The smallest absolute Gasteiger partial charge is 0.143 e. The lowest BCUT2D eigenvalue weighted by atomic mass is 10.2. The van der Waals surface area contributed by atoms with Crippen molar-refractivity contribution in [1.29, 1.82) is 0 Å². The van der Waals surface area contributed by atoms with E-state index in [1.165, 1.54) is 6.33 Å². The van der Waals surface area contributed by atoms with Crippen LogP contribution in [0.2, 0.25) is 5.02 Å². The molecule has 1 N–H and O–H groups in total. The van der Waals surface area contributed by atoms with Gasteiger partial charge in [-0.15, -0.1) is 5.10 Å². The molecule has 0 fully saturated rings. The van der Waals surface area contributed by atoms with E-state index in [-0.39, 0.29) is 6.04 Å². The number of nitrogens with one attached hydrogen (secondary N) is 1. The van der Waals surface area contributed by atoms with Gasteiger partial charge >= 0.3 is 0 Å². The van der Waals surface area contributed by atoms with E-state index in [9.17, 15) is 0 Å². The average molecular weight is 304 g/mol. The molecule has 0 bridgehead atoms. The fourth-order valence-electron chi connectivity index (χ4n) is 2.16. The SMILES string of the molecule is CC(Nc1cc(-n2cnnn2)ccc1Cl)c1ccnn1C. The van der Waals surface area contributed by atoms with Gasteiger partial charge in [0.2, 0.25) is 0 Å². The third-order valence-corrected chi connectivity index (χ3v) is 3.57. The molecule has 0 aliphatic carbocycles. The lowest BCUT2D eigenvalue weighted by molar-refractivity contribution is 0.675. The molecule has 0 radical (unpaired) electrons. The minimum Gasteiger partial charge on any atom is -0.376 e. The Morgan fingerprint density at radius 2 is 2.14 bits per heavy atom. The number of hydrogen-bond acceptors (Lipinski definition) is 5. The molecule has 0 saturated heterocycles. The summed E-state index contributed by atoms with van der Waals surface area (Å²) in [7, 11) is 1.91. The average Bonchev–Trinajstić information content (AvgIpc) is 3.12. The molecule has 0 saturated carbocycles. The second-order valence-corrected chi connectivity index (χ2v) is 5.07. The largest absolute Gasteiger partial charge is 0.376 e. The molecule has 7 nitrogen and oxygen atoms in total. The number of nitrogens with zero attached hydrogens (tertiary/aromatic N) is 6. The van der Waals surface area contributed by atoms with Gasteiger partial charge in [-0.1, -0.05) is 11.6 Å². The molecule has 108 valence electrons. The van der Waals surface area contributed by atoms with Crippen molar-refractivity contribution >= 4 is 17.3 Å². The van der Waals surface area contributed by atoms with Crippen LogP contribution in [-0.2, 0) is 7.05 Å². The third-order valence-electron chi connectivity index (χ3n) is 3.24. The number of tetrazole rings is 1. The summed E-state index contributed by atoms with van der Waals surface area (Å²) in [5.41, 5.74) is 2.72. The van der Waals surface area contributed by atoms with Crippen LogP contribution in [0.1, 0.15) is 18.7 Å². The Morgan fingerprint density at radius 3 is 2.81 bits per heavy atom. The molecule has 0 aliphatic rings. The molecule has 0 amide bonds. The molecule has 21 heavy (non-hydrogen) atoms. The topological polar surface area (TPSA) is 73.5 Å². The quantitative estimate of drug-likeness (QED) is 0.800. The Kier molecular flexibility index (Phi) is 3.57. The summed E-state index contributed by atoms with van der Waals surface area (Å²) in [6, 6.07) is 7.62. The molecule has 8 heteroatoms. The fraction of sp³-hybridized carbons (Fsp3) is 0.231. The van der Waals surface area contributed by atoms with Gasteiger partial charge in [0.15, 0.2) is 0 Å². The highest BCUT2D eigenvalue weighted by Gasteiger charge is 2.12. The molecule has 1 aromatic carbocycles. The highest BCUT2D eigenvalue weighted by atomic mass is 35.5. The van der Waals surface area contributed by atoms with Crippen LogP contribution in [0, 0.1) is 0 Å². The lowest BCUT2D eigenvalue weighted by Crippen LogP contribution is -2.12. The Balaban J connectivity index is 1.88. The fourth-order valence-corrected chi connectivity index (χ4v) is 2.33. The number of benzene rings is 1. The van der Waals surface area contributed by atoms with Crippen molar-refractivity contribution in [3.8, 4) is 5.69 Å². The monoisotopic (exact) mass is 303 g/mol. The minimum atomic E-state index is 0.0686. The van der Waals surface area contributed by atoms with E-state index in [1.54, 1.807) is 10.9 Å². The van der Waals surface area contributed by atoms with Crippen LogP contribution < -0.4 is 5.32 Å². The standard InChI is InChI=1S/C13H14ClN7/c1-9(13-5-6-16-20(13)2)17-12-7-10(3-4-11(12)14)21-8-15-18-19-21/h3-9,17H,1-2H3. The maximum absolute atomic E-state index is 6.26. The van der Waals surface area contributed by atoms with Crippen molar-refractivity contribution < 1.29 is 0 Å². The maximum atomic E-state index is 6.26.